The fourth-order valence-corrected chi connectivity index (χ4v) is 2.40. The van der Waals surface area contributed by atoms with Gasteiger partial charge in [-0.05, 0) is 43.0 Å². The Morgan fingerprint density at radius 1 is 1.20 bits per heavy atom. The predicted octanol–water partition coefficient (Wildman–Crippen LogP) is 3.16. The first kappa shape index (κ1) is 16.9. The van der Waals surface area contributed by atoms with Crippen LogP contribution in [-0.2, 0) is 9.36 Å². The maximum Gasteiger partial charge on any atom is 0.331 e. The SMILES string of the molecule is O=C(O)/C(=C/c1ccc(Cl)cc1)CCCCP(=O)(O)O. The summed E-state index contributed by atoms with van der Waals surface area (Å²) in [6.45, 7) is 0. The molecule has 0 amide bonds. The van der Waals surface area contributed by atoms with Crippen molar-refractivity contribution in [1.29, 1.82) is 0 Å². The lowest BCUT2D eigenvalue weighted by atomic mass is 10.1. The van der Waals surface area contributed by atoms with E-state index in [9.17, 15) is 9.36 Å². The van der Waals surface area contributed by atoms with Gasteiger partial charge in [0.15, 0.2) is 0 Å². The highest BCUT2D eigenvalue weighted by Gasteiger charge is 2.13. The van der Waals surface area contributed by atoms with Crippen LogP contribution in [-0.4, -0.2) is 27.0 Å². The lowest BCUT2D eigenvalue weighted by molar-refractivity contribution is -0.132. The molecule has 0 fully saturated rings. The summed E-state index contributed by atoms with van der Waals surface area (Å²) in [7, 11) is -4.00. The number of carbonyl (C=O) groups is 1. The van der Waals surface area contributed by atoms with Crippen LogP contribution in [0.3, 0.4) is 0 Å². The molecular weight excluding hydrogens is 303 g/mol. The molecule has 0 radical (unpaired) electrons. The van der Waals surface area contributed by atoms with E-state index in [4.69, 9.17) is 26.5 Å². The van der Waals surface area contributed by atoms with Crippen LogP contribution in [0.1, 0.15) is 24.8 Å². The van der Waals surface area contributed by atoms with E-state index >= 15 is 0 Å². The molecule has 0 aliphatic carbocycles. The highest BCUT2D eigenvalue weighted by atomic mass is 35.5. The third-order valence-electron chi connectivity index (χ3n) is 2.63. The average molecular weight is 319 g/mol. The number of aliphatic carboxylic acids is 1. The lowest BCUT2D eigenvalue weighted by Gasteiger charge is -2.05. The molecule has 0 unspecified atom stereocenters. The fourth-order valence-electron chi connectivity index (χ4n) is 1.63. The molecule has 0 saturated carbocycles. The van der Waals surface area contributed by atoms with Gasteiger partial charge in [-0.3, -0.25) is 4.57 Å². The Bertz CT molecular complexity index is 532. The number of rotatable bonds is 7. The van der Waals surface area contributed by atoms with Crippen LogP contribution in [0.5, 0.6) is 0 Å². The molecule has 0 bridgehead atoms. The zero-order chi connectivity index (χ0) is 15.2. The second-order valence-electron chi connectivity index (χ2n) is 4.37. The number of hydrogen-bond donors (Lipinski definition) is 3. The summed E-state index contributed by atoms with van der Waals surface area (Å²) in [6.07, 6.45) is 2.28. The van der Waals surface area contributed by atoms with E-state index in [1.807, 2.05) is 0 Å². The van der Waals surface area contributed by atoms with Crippen molar-refractivity contribution in [3.63, 3.8) is 0 Å². The fraction of sp³-hybridized carbons (Fsp3) is 0.308. The van der Waals surface area contributed by atoms with Gasteiger partial charge >= 0.3 is 13.6 Å². The van der Waals surface area contributed by atoms with Crippen molar-refractivity contribution in [2.75, 3.05) is 6.16 Å². The molecule has 1 rings (SSSR count). The maximum absolute atomic E-state index is 11.1. The largest absolute Gasteiger partial charge is 0.478 e. The maximum atomic E-state index is 11.1. The first-order valence-electron chi connectivity index (χ1n) is 6.02. The van der Waals surface area contributed by atoms with Crippen LogP contribution in [0.15, 0.2) is 29.8 Å². The first-order chi connectivity index (χ1) is 9.28. The zero-order valence-electron chi connectivity index (χ0n) is 10.7. The summed E-state index contributed by atoms with van der Waals surface area (Å²) in [4.78, 5) is 28.6. The second-order valence-corrected chi connectivity index (χ2v) is 6.58. The second kappa shape index (κ2) is 7.60. The Hall–Kier alpha value is -1.13. The Labute approximate surface area is 122 Å². The number of benzene rings is 1. The highest BCUT2D eigenvalue weighted by Crippen LogP contribution is 2.35. The minimum atomic E-state index is -4.00. The van der Waals surface area contributed by atoms with Crippen molar-refractivity contribution < 1.29 is 24.3 Å². The van der Waals surface area contributed by atoms with E-state index in [2.05, 4.69) is 0 Å². The molecule has 1 aromatic rings. The summed E-state index contributed by atoms with van der Waals surface area (Å²) in [6, 6.07) is 6.75. The molecule has 5 nitrogen and oxygen atoms in total. The van der Waals surface area contributed by atoms with Crippen LogP contribution in [0.25, 0.3) is 6.08 Å². The van der Waals surface area contributed by atoms with Crippen molar-refractivity contribution in [3.05, 3.63) is 40.4 Å². The molecule has 0 spiro atoms. The number of halogens is 1. The van der Waals surface area contributed by atoms with Gasteiger partial charge in [0, 0.05) is 16.8 Å². The van der Waals surface area contributed by atoms with Gasteiger partial charge in [-0.1, -0.05) is 23.7 Å². The van der Waals surface area contributed by atoms with E-state index in [1.54, 1.807) is 24.3 Å². The topological polar surface area (TPSA) is 94.8 Å². The van der Waals surface area contributed by atoms with Gasteiger partial charge < -0.3 is 14.9 Å². The summed E-state index contributed by atoms with van der Waals surface area (Å²) in [5.74, 6) is -1.03. The van der Waals surface area contributed by atoms with E-state index in [1.165, 1.54) is 6.08 Å². The number of unbranched alkanes of at least 4 members (excludes halogenated alkanes) is 1. The molecule has 0 saturated heterocycles. The van der Waals surface area contributed by atoms with Crippen molar-refractivity contribution in [2.45, 2.75) is 19.3 Å². The lowest BCUT2D eigenvalue weighted by Crippen LogP contribution is -2.01. The Kier molecular flexibility index (Phi) is 6.43. The quantitative estimate of drug-likeness (QED) is 0.408. The van der Waals surface area contributed by atoms with Gasteiger partial charge in [-0.25, -0.2) is 4.79 Å². The van der Waals surface area contributed by atoms with Gasteiger partial charge in [-0.2, -0.15) is 0 Å². The molecule has 0 heterocycles. The summed E-state index contributed by atoms with van der Waals surface area (Å²) >= 11 is 5.74. The molecule has 20 heavy (non-hydrogen) atoms. The summed E-state index contributed by atoms with van der Waals surface area (Å²) < 4.78 is 10.7. The molecule has 1 aromatic carbocycles. The van der Waals surface area contributed by atoms with Crippen molar-refractivity contribution >= 4 is 31.2 Å². The highest BCUT2D eigenvalue weighted by molar-refractivity contribution is 7.51. The summed E-state index contributed by atoms with van der Waals surface area (Å²) in [5.41, 5.74) is 0.930. The van der Waals surface area contributed by atoms with E-state index in [-0.39, 0.29) is 24.6 Å². The number of hydrogen-bond acceptors (Lipinski definition) is 2. The normalized spacial score (nSPS) is 12.4. The minimum Gasteiger partial charge on any atom is -0.478 e. The van der Waals surface area contributed by atoms with Crippen LogP contribution >= 0.6 is 19.2 Å². The summed E-state index contributed by atoms with van der Waals surface area (Å²) in [5, 5.41) is 9.67. The smallest absolute Gasteiger partial charge is 0.331 e. The van der Waals surface area contributed by atoms with Crippen LogP contribution < -0.4 is 0 Å². The Morgan fingerprint density at radius 3 is 2.30 bits per heavy atom. The monoisotopic (exact) mass is 318 g/mol. The van der Waals surface area contributed by atoms with Crippen molar-refractivity contribution in [3.8, 4) is 0 Å². The van der Waals surface area contributed by atoms with Crippen LogP contribution in [0.2, 0.25) is 5.02 Å². The van der Waals surface area contributed by atoms with Crippen molar-refractivity contribution in [1.82, 2.24) is 0 Å². The molecule has 7 heteroatoms. The minimum absolute atomic E-state index is 0.207. The van der Waals surface area contributed by atoms with E-state index in [0.717, 1.165) is 5.56 Å². The third-order valence-corrected chi connectivity index (χ3v) is 3.78. The van der Waals surface area contributed by atoms with Crippen LogP contribution in [0.4, 0.5) is 0 Å². The van der Waals surface area contributed by atoms with Crippen molar-refractivity contribution in [2.24, 2.45) is 0 Å². The number of carboxylic acid groups (broad SMARTS) is 1. The molecule has 0 aliphatic heterocycles. The van der Waals surface area contributed by atoms with Gasteiger partial charge in [-0.15, -0.1) is 0 Å². The van der Waals surface area contributed by atoms with Gasteiger partial charge in [0.1, 0.15) is 0 Å². The molecular formula is C13H16ClO5P. The Morgan fingerprint density at radius 2 is 1.80 bits per heavy atom. The van der Waals surface area contributed by atoms with E-state index < -0.39 is 13.6 Å². The van der Waals surface area contributed by atoms with Crippen LogP contribution in [0, 0.1) is 0 Å². The molecule has 0 aliphatic rings. The standard InChI is InChI=1S/C13H16ClO5P/c14-12-6-4-10(5-7-12)9-11(13(15)16)3-1-2-8-20(17,18)19/h4-7,9H,1-3,8H2,(H,15,16)(H2,17,18,19)/b11-9+. The molecule has 3 N–H and O–H groups in total. The Balaban J connectivity index is 2.63. The first-order valence-corrected chi connectivity index (χ1v) is 8.19. The molecule has 0 atom stereocenters. The average Bonchev–Trinajstić information content (AvgIpc) is 2.34. The zero-order valence-corrected chi connectivity index (χ0v) is 12.3. The molecule has 0 aromatic heterocycles. The molecule has 110 valence electrons. The van der Waals surface area contributed by atoms with Gasteiger partial charge in [0.25, 0.3) is 0 Å². The van der Waals surface area contributed by atoms with Gasteiger partial charge in [0.05, 0.1) is 0 Å². The number of carboxylic acids is 1. The van der Waals surface area contributed by atoms with E-state index in [0.29, 0.717) is 11.4 Å². The third kappa shape index (κ3) is 6.87. The van der Waals surface area contributed by atoms with Gasteiger partial charge in [0.2, 0.25) is 0 Å². The predicted molar refractivity (Wildman–Crippen MR) is 77.8 cm³/mol.